The van der Waals surface area contributed by atoms with Crippen molar-refractivity contribution in [2.75, 3.05) is 18.6 Å². The van der Waals surface area contributed by atoms with Crippen molar-refractivity contribution in [3.8, 4) is 0 Å². The lowest BCUT2D eigenvalue weighted by Crippen LogP contribution is -2.29. The summed E-state index contributed by atoms with van der Waals surface area (Å²) in [6.45, 7) is 2.04. The number of rotatable bonds is 6. The molecule has 0 radical (unpaired) electrons. The number of carbonyl (C=O) groups excluding carboxylic acids is 1. The van der Waals surface area contributed by atoms with Gasteiger partial charge in [-0.05, 0) is 18.1 Å². The molecule has 0 aliphatic rings. The SMILES string of the molecule is CC/C(=C\c1ccccc1)C(=O)NCCS(C)(=O)=O. The van der Waals surface area contributed by atoms with Crippen LogP contribution in [0.1, 0.15) is 18.9 Å². The molecule has 1 N–H and O–H groups in total. The van der Waals surface area contributed by atoms with Crippen molar-refractivity contribution in [3.05, 3.63) is 41.5 Å². The summed E-state index contributed by atoms with van der Waals surface area (Å²) < 4.78 is 22.0. The Bertz CT molecular complexity index is 547. The van der Waals surface area contributed by atoms with Gasteiger partial charge in [0.1, 0.15) is 9.84 Å². The summed E-state index contributed by atoms with van der Waals surface area (Å²) in [6.07, 6.45) is 3.56. The topological polar surface area (TPSA) is 63.2 Å². The maximum atomic E-state index is 11.9. The van der Waals surface area contributed by atoms with Crippen molar-refractivity contribution in [2.24, 2.45) is 0 Å². The van der Waals surface area contributed by atoms with Crippen molar-refractivity contribution >= 4 is 21.8 Å². The maximum Gasteiger partial charge on any atom is 0.247 e. The Hall–Kier alpha value is -1.62. The monoisotopic (exact) mass is 281 g/mol. The van der Waals surface area contributed by atoms with E-state index in [4.69, 9.17) is 0 Å². The molecule has 1 aromatic carbocycles. The third kappa shape index (κ3) is 6.20. The number of hydrogen-bond acceptors (Lipinski definition) is 3. The van der Waals surface area contributed by atoms with Gasteiger partial charge in [0.25, 0.3) is 0 Å². The first-order chi connectivity index (χ1) is 8.92. The zero-order valence-corrected chi connectivity index (χ0v) is 12.0. The van der Waals surface area contributed by atoms with Crippen molar-refractivity contribution in [3.63, 3.8) is 0 Å². The van der Waals surface area contributed by atoms with Crippen LogP contribution in [0.3, 0.4) is 0 Å². The molecule has 1 amide bonds. The molecule has 0 spiro atoms. The average molecular weight is 281 g/mol. The van der Waals surface area contributed by atoms with Crippen LogP contribution in [-0.2, 0) is 14.6 Å². The van der Waals surface area contributed by atoms with Crippen molar-refractivity contribution < 1.29 is 13.2 Å². The fourth-order valence-corrected chi connectivity index (χ4v) is 2.01. The molecule has 0 saturated heterocycles. The molecule has 0 bridgehead atoms. The molecule has 0 aliphatic heterocycles. The van der Waals surface area contributed by atoms with Crippen molar-refractivity contribution in [1.82, 2.24) is 5.32 Å². The molecule has 0 saturated carbocycles. The largest absolute Gasteiger partial charge is 0.351 e. The van der Waals surface area contributed by atoms with Crippen LogP contribution in [-0.4, -0.2) is 32.9 Å². The summed E-state index contributed by atoms with van der Waals surface area (Å²) in [5.41, 5.74) is 1.59. The molecule has 0 atom stereocenters. The van der Waals surface area contributed by atoms with Crippen LogP contribution in [0.5, 0.6) is 0 Å². The quantitative estimate of drug-likeness (QED) is 0.806. The summed E-state index contributed by atoms with van der Waals surface area (Å²) in [7, 11) is -3.05. The first kappa shape index (κ1) is 15.4. The Morgan fingerprint density at radius 3 is 2.42 bits per heavy atom. The second-order valence-corrected chi connectivity index (χ2v) is 6.58. The lowest BCUT2D eigenvalue weighted by Gasteiger charge is -2.07. The Kier molecular flexibility index (Phi) is 5.76. The number of sulfone groups is 1. The summed E-state index contributed by atoms with van der Waals surface area (Å²) >= 11 is 0. The first-order valence-electron chi connectivity index (χ1n) is 6.14. The van der Waals surface area contributed by atoms with Crippen LogP contribution in [0.25, 0.3) is 6.08 Å². The minimum atomic E-state index is -3.05. The van der Waals surface area contributed by atoms with E-state index in [-0.39, 0.29) is 18.2 Å². The fraction of sp³-hybridized carbons (Fsp3) is 0.357. The second kappa shape index (κ2) is 7.09. The minimum Gasteiger partial charge on any atom is -0.351 e. The van der Waals surface area contributed by atoms with E-state index >= 15 is 0 Å². The van der Waals surface area contributed by atoms with Gasteiger partial charge in [0.05, 0.1) is 5.75 Å². The molecule has 1 aromatic rings. The summed E-state index contributed by atoms with van der Waals surface area (Å²) in [5.74, 6) is -0.254. The Morgan fingerprint density at radius 1 is 1.26 bits per heavy atom. The van der Waals surface area contributed by atoms with Gasteiger partial charge in [0, 0.05) is 18.4 Å². The van der Waals surface area contributed by atoms with Crippen LogP contribution in [0.2, 0.25) is 0 Å². The number of nitrogens with one attached hydrogen (secondary N) is 1. The molecule has 0 aliphatic carbocycles. The molecular formula is C14H19NO3S. The van der Waals surface area contributed by atoms with E-state index in [1.807, 2.05) is 43.3 Å². The van der Waals surface area contributed by atoms with E-state index < -0.39 is 9.84 Å². The Morgan fingerprint density at radius 2 is 1.89 bits per heavy atom. The summed E-state index contributed by atoms with van der Waals surface area (Å²) in [5, 5.41) is 2.62. The number of amides is 1. The van der Waals surface area contributed by atoms with Crippen LogP contribution in [0, 0.1) is 0 Å². The van der Waals surface area contributed by atoms with Gasteiger partial charge >= 0.3 is 0 Å². The van der Waals surface area contributed by atoms with E-state index in [1.165, 1.54) is 0 Å². The normalized spacial score (nSPS) is 12.2. The standard InChI is InChI=1S/C14H19NO3S/c1-3-13(11-12-7-5-4-6-8-12)14(16)15-9-10-19(2,17)18/h4-8,11H,3,9-10H2,1-2H3,(H,15,16)/b13-11+. The highest BCUT2D eigenvalue weighted by Gasteiger charge is 2.08. The van der Waals surface area contributed by atoms with Crippen LogP contribution < -0.4 is 5.32 Å². The van der Waals surface area contributed by atoms with E-state index in [0.717, 1.165) is 11.8 Å². The maximum absolute atomic E-state index is 11.9. The molecule has 19 heavy (non-hydrogen) atoms. The third-order valence-electron chi connectivity index (χ3n) is 2.57. The van der Waals surface area contributed by atoms with Gasteiger partial charge in [-0.2, -0.15) is 0 Å². The van der Waals surface area contributed by atoms with Gasteiger partial charge in [-0.3, -0.25) is 4.79 Å². The number of hydrogen-bond donors (Lipinski definition) is 1. The summed E-state index contributed by atoms with van der Waals surface area (Å²) in [4.78, 5) is 11.9. The molecule has 0 aromatic heterocycles. The zero-order valence-electron chi connectivity index (χ0n) is 11.2. The number of carbonyl (C=O) groups is 1. The molecule has 4 nitrogen and oxygen atoms in total. The molecule has 0 fully saturated rings. The smallest absolute Gasteiger partial charge is 0.247 e. The van der Waals surface area contributed by atoms with E-state index in [0.29, 0.717) is 12.0 Å². The molecule has 0 unspecified atom stereocenters. The van der Waals surface area contributed by atoms with E-state index in [2.05, 4.69) is 5.32 Å². The molecule has 1 rings (SSSR count). The predicted octanol–water partition coefficient (Wildman–Crippen LogP) is 1.64. The van der Waals surface area contributed by atoms with Gasteiger partial charge in [-0.15, -0.1) is 0 Å². The van der Waals surface area contributed by atoms with E-state index in [1.54, 1.807) is 0 Å². The first-order valence-corrected chi connectivity index (χ1v) is 8.20. The van der Waals surface area contributed by atoms with Gasteiger partial charge in [-0.1, -0.05) is 37.3 Å². The van der Waals surface area contributed by atoms with Gasteiger partial charge in [0.15, 0.2) is 0 Å². The summed E-state index contributed by atoms with van der Waals surface area (Å²) in [6, 6.07) is 9.55. The molecule has 104 valence electrons. The highest BCUT2D eigenvalue weighted by atomic mass is 32.2. The minimum absolute atomic E-state index is 0.0406. The third-order valence-corrected chi connectivity index (χ3v) is 3.52. The molecule has 0 heterocycles. The second-order valence-electron chi connectivity index (χ2n) is 4.32. The Balaban J connectivity index is 2.65. The molecular weight excluding hydrogens is 262 g/mol. The van der Waals surface area contributed by atoms with Gasteiger partial charge in [0.2, 0.25) is 5.91 Å². The molecule has 5 heteroatoms. The number of benzene rings is 1. The van der Waals surface area contributed by atoms with E-state index in [9.17, 15) is 13.2 Å². The van der Waals surface area contributed by atoms with Crippen molar-refractivity contribution in [2.45, 2.75) is 13.3 Å². The highest BCUT2D eigenvalue weighted by molar-refractivity contribution is 7.90. The van der Waals surface area contributed by atoms with Gasteiger partial charge in [-0.25, -0.2) is 8.42 Å². The predicted molar refractivity (Wildman–Crippen MR) is 77.4 cm³/mol. The lowest BCUT2D eigenvalue weighted by molar-refractivity contribution is -0.117. The average Bonchev–Trinajstić information content (AvgIpc) is 2.35. The zero-order chi connectivity index (χ0) is 14.3. The Labute approximate surface area is 114 Å². The van der Waals surface area contributed by atoms with Crippen LogP contribution >= 0.6 is 0 Å². The lowest BCUT2D eigenvalue weighted by atomic mass is 10.1. The van der Waals surface area contributed by atoms with Crippen LogP contribution in [0.15, 0.2) is 35.9 Å². The van der Waals surface area contributed by atoms with Crippen molar-refractivity contribution in [1.29, 1.82) is 0 Å². The van der Waals surface area contributed by atoms with Gasteiger partial charge < -0.3 is 5.32 Å². The van der Waals surface area contributed by atoms with Crippen LogP contribution in [0.4, 0.5) is 0 Å². The fourth-order valence-electron chi connectivity index (χ4n) is 1.54. The highest BCUT2D eigenvalue weighted by Crippen LogP contribution is 2.09.